The van der Waals surface area contributed by atoms with E-state index >= 15 is 0 Å². The quantitative estimate of drug-likeness (QED) is 0.484. The summed E-state index contributed by atoms with van der Waals surface area (Å²) in [5.41, 5.74) is 2.54. The molecule has 1 aliphatic heterocycles. The van der Waals surface area contributed by atoms with Crippen molar-refractivity contribution in [2.24, 2.45) is 0 Å². The minimum absolute atomic E-state index is 0.0477. The molecule has 0 fully saturated rings. The summed E-state index contributed by atoms with van der Waals surface area (Å²) >= 11 is 6.01. The standard InChI is InChI=1S/C27H31ClN2O6/c1-5-36-27(33)26-17(2)30(25(32)15-21(26)19-7-9-20(28)10-8-19)16-24(31)29-13-12-18-6-11-22(34-3)23(14-18)35-4/h6-11,14,21H,5,12-13,15-16H2,1-4H3,(H,29,31). The normalized spacial score (nSPS) is 15.5. The Kier molecular flexibility index (Phi) is 9.36. The Balaban J connectivity index is 1.72. The molecule has 2 amide bonds. The Morgan fingerprint density at radius 1 is 1.08 bits per heavy atom. The van der Waals surface area contributed by atoms with Crippen molar-refractivity contribution in [1.29, 1.82) is 0 Å². The number of hydrogen-bond donors (Lipinski definition) is 1. The van der Waals surface area contributed by atoms with Gasteiger partial charge in [0.1, 0.15) is 6.54 Å². The minimum atomic E-state index is -0.499. The van der Waals surface area contributed by atoms with Crippen molar-refractivity contribution in [3.8, 4) is 11.5 Å². The molecule has 1 atom stereocenters. The summed E-state index contributed by atoms with van der Waals surface area (Å²) in [5.74, 6) is -0.292. The Bertz CT molecular complexity index is 1150. The molecule has 192 valence electrons. The van der Waals surface area contributed by atoms with Gasteiger partial charge in [-0.1, -0.05) is 29.8 Å². The maximum atomic E-state index is 13.1. The SMILES string of the molecule is CCOC(=O)C1=C(C)N(CC(=O)NCCc2ccc(OC)c(OC)c2)C(=O)CC1c1ccc(Cl)cc1. The van der Waals surface area contributed by atoms with Crippen LogP contribution >= 0.6 is 11.6 Å². The number of carbonyl (C=O) groups excluding carboxylic acids is 3. The van der Waals surface area contributed by atoms with Crippen molar-refractivity contribution in [2.45, 2.75) is 32.6 Å². The predicted octanol–water partition coefficient (Wildman–Crippen LogP) is 3.87. The van der Waals surface area contributed by atoms with Crippen LogP contribution in [0, 0.1) is 0 Å². The van der Waals surface area contributed by atoms with Crippen LogP contribution in [0.25, 0.3) is 0 Å². The number of halogens is 1. The Labute approximate surface area is 216 Å². The number of amides is 2. The molecule has 1 N–H and O–H groups in total. The summed E-state index contributed by atoms with van der Waals surface area (Å²) in [4.78, 5) is 40.0. The summed E-state index contributed by atoms with van der Waals surface area (Å²) < 4.78 is 15.8. The molecule has 0 saturated heterocycles. The smallest absolute Gasteiger partial charge is 0.336 e. The molecule has 0 spiro atoms. The Morgan fingerprint density at radius 3 is 2.42 bits per heavy atom. The summed E-state index contributed by atoms with van der Waals surface area (Å²) in [6, 6.07) is 12.6. The van der Waals surface area contributed by atoms with Crippen LogP contribution in [-0.2, 0) is 25.5 Å². The zero-order valence-electron chi connectivity index (χ0n) is 20.9. The third-order valence-electron chi connectivity index (χ3n) is 6.08. The van der Waals surface area contributed by atoms with Crippen LogP contribution in [0.15, 0.2) is 53.7 Å². The first-order valence-electron chi connectivity index (χ1n) is 11.7. The number of carbonyl (C=O) groups is 3. The van der Waals surface area contributed by atoms with Crippen molar-refractivity contribution in [2.75, 3.05) is 33.9 Å². The van der Waals surface area contributed by atoms with Crippen LogP contribution in [0.4, 0.5) is 0 Å². The van der Waals surface area contributed by atoms with E-state index in [1.54, 1.807) is 52.3 Å². The average molecular weight is 515 g/mol. The molecular weight excluding hydrogens is 484 g/mol. The molecule has 3 rings (SSSR count). The highest BCUT2D eigenvalue weighted by Gasteiger charge is 2.37. The van der Waals surface area contributed by atoms with Gasteiger partial charge in [0.25, 0.3) is 0 Å². The number of hydrogen-bond acceptors (Lipinski definition) is 6. The molecule has 9 heteroatoms. The lowest BCUT2D eigenvalue weighted by molar-refractivity contribution is -0.141. The van der Waals surface area contributed by atoms with Gasteiger partial charge < -0.3 is 24.4 Å². The second kappa shape index (κ2) is 12.4. The lowest BCUT2D eigenvalue weighted by Crippen LogP contribution is -2.44. The monoisotopic (exact) mass is 514 g/mol. The molecule has 2 aromatic rings. The maximum Gasteiger partial charge on any atom is 0.336 e. The zero-order chi connectivity index (χ0) is 26.2. The van der Waals surface area contributed by atoms with Crippen LogP contribution in [-0.4, -0.2) is 56.6 Å². The highest BCUT2D eigenvalue weighted by molar-refractivity contribution is 6.30. The fourth-order valence-corrected chi connectivity index (χ4v) is 4.36. The van der Waals surface area contributed by atoms with Crippen molar-refractivity contribution in [1.82, 2.24) is 10.2 Å². The van der Waals surface area contributed by atoms with Crippen LogP contribution in [0.5, 0.6) is 11.5 Å². The van der Waals surface area contributed by atoms with Crippen LogP contribution in [0.1, 0.15) is 37.3 Å². The summed E-state index contributed by atoms with van der Waals surface area (Å²) in [6.07, 6.45) is 0.619. The molecule has 0 radical (unpaired) electrons. The molecule has 1 unspecified atom stereocenters. The van der Waals surface area contributed by atoms with E-state index in [0.717, 1.165) is 11.1 Å². The highest BCUT2D eigenvalue weighted by Crippen LogP contribution is 2.37. The molecule has 0 aliphatic carbocycles. The van der Waals surface area contributed by atoms with E-state index in [2.05, 4.69) is 5.32 Å². The number of nitrogens with zero attached hydrogens (tertiary/aromatic N) is 1. The van der Waals surface area contributed by atoms with Crippen molar-refractivity contribution in [3.63, 3.8) is 0 Å². The third-order valence-corrected chi connectivity index (χ3v) is 6.33. The summed E-state index contributed by atoms with van der Waals surface area (Å²) in [7, 11) is 3.14. The van der Waals surface area contributed by atoms with Gasteiger partial charge in [0, 0.05) is 29.6 Å². The molecule has 0 bridgehead atoms. The second-order valence-electron chi connectivity index (χ2n) is 8.30. The molecule has 8 nitrogen and oxygen atoms in total. The molecule has 36 heavy (non-hydrogen) atoms. The lowest BCUT2D eigenvalue weighted by Gasteiger charge is -2.34. The van der Waals surface area contributed by atoms with Crippen molar-refractivity contribution >= 4 is 29.4 Å². The first-order chi connectivity index (χ1) is 17.3. The molecule has 1 aliphatic rings. The number of ether oxygens (including phenoxy) is 3. The lowest BCUT2D eigenvalue weighted by atomic mass is 9.83. The van der Waals surface area contributed by atoms with E-state index < -0.39 is 11.9 Å². The number of benzene rings is 2. The topological polar surface area (TPSA) is 94.2 Å². The van der Waals surface area contributed by atoms with Gasteiger partial charge in [0.15, 0.2) is 11.5 Å². The molecule has 0 saturated carbocycles. The van der Waals surface area contributed by atoms with Gasteiger partial charge in [-0.15, -0.1) is 0 Å². The molecule has 2 aromatic carbocycles. The van der Waals surface area contributed by atoms with Gasteiger partial charge in [0.2, 0.25) is 11.8 Å². The Hall–Kier alpha value is -3.52. The molecule has 1 heterocycles. The van der Waals surface area contributed by atoms with E-state index in [-0.39, 0.29) is 31.4 Å². The van der Waals surface area contributed by atoms with Gasteiger partial charge in [0.05, 0.1) is 26.4 Å². The van der Waals surface area contributed by atoms with Crippen molar-refractivity contribution < 1.29 is 28.6 Å². The van der Waals surface area contributed by atoms with Gasteiger partial charge in [-0.25, -0.2) is 4.79 Å². The first kappa shape index (κ1) is 27.1. The Morgan fingerprint density at radius 2 is 1.78 bits per heavy atom. The number of nitrogens with one attached hydrogen (secondary N) is 1. The fraction of sp³-hybridized carbons (Fsp3) is 0.370. The molecule has 0 aromatic heterocycles. The van der Waals surface area contributed by atoms with Crippen molar-refractivity contribution in [3.05, 3.63) is 69.9 Å². The summed E-state index contributed by atoms with van der Waals surface area (Å²) in [6.45, 7) is 3.78. The fourth-order valence-electron chi connectivity index (χ4n) is 4.24. The second-order valence-corrected chi connectivity index (χ2v) is 8.73. The number of methoxy groups -OCH3 is 2. The average Bonchev–Trinajstić information content (AvgIpc) is 2.86. The number of allylic oxidation sites excluding steroid dienone is 1. The first-order valence-corrected chi connectivity index (χ1v) is 12.1. The van der Waals surface area contributed by atoms with E-state index in [0.29, 0.717) is 40.8 Å². The minimum Gasteiger partial charge on any atom is -0.493 e. The van der Waals surface area contributed by atoms with Gasteiger partial charge in [-0.3, -0.25) is 9.59 Å². The van der Waals surface area contributed by atoms with Gasteiger partial charge >= 0.3 is 5.97 Å². The van der Waals surface area contributed by atoms with Crippen LogP contribution in [0.2, 0.25) is 5.02 Å². The predicted molar refractivity (Wildman–Crippen MR) is 136 cm³/mol. The number of rotatable bonds is 10. The molecular formula is C27H31ClN2O6. The maximum absolute atomic E-state index is 13.1. The number of esters is 1. The van der Waals surface area contributed by atoms with Crippen LogP contribution < -0.4 is 14.8 Å². The van der Waals surface area contributed by atoms with Crippen LogP contribution in [0.3, 0.4) is 0 Å². The van der Waals surface area contributed by atoms with E-state index in [1.807, 2.05) is 18.2 Å². The van der Waals surface area contributed by atoms with Gasteiger partial charge in [-0.05, 0) is 55.7 Å². The van der Waals surface area contributed by atoms with Gasteiger partial charge in [-0.2, -0.15) is 0 Å². The zero-order valence-corrected chi connectivity index (χ0v) is 21.7. The third kappa shape index (κ3) is 6.37. The van der Waals surface area contributed by atoms with E-state index in [1.165, 1.54) is 4.90 Å². The highest BCUT2D eigenvalue weighted by atomic mass is 35.5. The largest absolute Gasteiger partial charge is 0.493 e. The van der Waals surface area contributed by atoms with E-state index in [4.69, 9.17) is 25.8 Å². The summed E-state index contributed by atoms with van der Waals surface area (Å²) in [5, 5.41) is 3.41. The van der Waals surface area contributed by atoms with E-state index in [9.17, 15) is 14.4 Å².